The number of ether oxygens (including phenoxy) is 1. The minimum absolute atomic E-state index is 0.00282. The van der Waals surface area contributed by atoms with Crippen LogP contribution in [-0.2, 0) is 114 Å². The highest BCUT2D eigenvalue weighted by atomic mass is 32.2. The molecule has 0 bridgehead atoms. The predicted molar refractivity (Wildman–Crippen MR) is 524 cm³/mol. The highest BCUT2D eigenvalue weighted by molar-refractivity contribution is 7.90. The summed E-state index contributed by atoms with van der Waals surface area (Å²) in [4.78, 5) is 41.3. The van der Waals surface area contributed by atoms with Gasteiger partial charge in [0.05, 0.1) is 89.0 Å². The van der Waals surface area contributed by atoms with Crippen molar-refractivity contribution < 1.29 is 131 Å². The summed E-state index contributed by atoms with van der Waals surface area (Å²) in [7, 11) is -7.64. The van der Waals surface area contributed by atoms with Gasteiger partial charge in [-0.1, -0.05) is 54.2 Å². The number of aliphatic hydroxyl groups is 3. The summed E-state index contributed by atoms with van der Waals surface area (Å²) in [6.07, 6.45) is -10.5. The molecule has 2 aliphatic rings. The van der Waals surface area contributed by atoms with E-state index in [0.29, 0.717) is 33.0 Å². The Morgan fingerprint density at radius 3 is 1.08 bits per heavy atom. The number of aryl methyl sites for hydroxylation is 3. The molecule has 7 aromatic heterocycles. The second-order valence-corrected chi connectivity index (χ2v) is 45.5. The van der Waals surface area contributed by atoms with Gasteiger partial charge in [0.15, 0.2) is 35.3 Å². The van der Waals surface area contributed by atoms with Crippen LogP contribution in [0.4, 0.5) is 74.6 Å². The van der Waals surface area contributed by atoms with Crippen molar-refractivity contribution in [1.29, 1.82) is 0 Å². The molecule has 1 fully saturated rings. The van der Waals surface area contributed by atoms with Crippen LogP contribution in [0.25, 0.3) is 66.1 Å². The number of alkyl halides is 11. The quantitative estimate of drug-likeness (QED) is 0.0201. The first-order valence-electron chi connectivity index (χ1n) is 46.4. The van der Waals surface area contributed by atoms with Crippen LogP contribution in [0.3, 0.4) is 0 Å². The van der Waals surface area contributed by atoms with Crippen LogP contribution < -0.4 is 5.73 Å². The van der Waals surface area contributed by atoms with Gasteiger partial charge < -0.3 is 25.8 Å². The lowest BCUT2D eigenvalue weighted by atomic mass is 9.85. The third-order valence-corrected chi connectivity index (χ3v) is 25.8. The number of carbonyl (C=O) groups is 2. The minimum atomic E-state index is -3.78. The maximum atomic E-state index is 15.4. The Morgan fingerprint density at radius 2 is 0.772 bits per heavy atom. The average Bonchev–Trinajstić information content (AvgIpc) is 1.51. The number of aromatic nitrogens is 11. The first-order valence-corrected chi connectivity index (χ1v) is 51.8. The molecule has 5 N–H and O–H groups in total. The van der Waals surface area contributed by atoms with E-state index in [1.54, 1.807) is 45.0 Å². The number of ketones is 1. The summed E-state index contributed by atoms with van der Waals surface area (Å²) < 4.78 is 329. The normalized spacial score (nSPS) is 14.8. The van der Waals surface area contributed by atoms with Gasteiger partial charge in [0, 0.05) is 154 Å². The van der Waals surface area contributed by atoms with Gasteiger partial charge in [-0.25, -0.2) is 102 Å². The highest BCUT2D eigenvalue weighted by Gasteiger charge is 2.67. The predicted octanol–water partition coefficient (Wildman–Crippen LogP) is 19.8. The number of sulfone groups is 3. The van der Waals surface area contributed by atoms with Crippen molar-refractivity contribution in [2.45, 2.75) is 202 Å². The fourth-order valence-electron chi connectivity index (χ4n) is 18.0. The number of nitrogens with zero attached hydrogens (tertiary/aromatic N) is 11. The van der Waals surface area contributed by atoms with Gasteiger partial charge in [-0.15, -0.1) is 0 Å². The molecule has 13 aromatic rings. The SMILES string of the molecule is Cn1nc(CS(C)(=O)=O)c2c(C(F)F)ccc(-c3ccc(C#CC(C)(C)O)nc3[C@@H](CC(=O)Cn3nc(C(F)F)c4c3C(F)(F)[C@@H]3C[C@H]43)Cc3cc(F)cc(F)c3)c21.Cn1nc(CS(C)(=O)=O)c2c(C(F)F)ccc(-c3ccc(C#CC(C)(C)O)nc3[C@@H](CC(=O)OC(C)(C)C)Cc3cc(F)cc(F)c3)c21.Cn1nc(CS(C)(=O)=O)c2c(C(F)F)ccc(-c3ccc(C#CC(C)(C)O)nc3[C@@H](N)Cc3cc(F)cc(F)c3)c21.[2H]CF. The number of fused-ring (bicyclic) bond motifs is 6. The van der Waals surface area contributed by atoms with Crippen molar-refractivity contribution in [2.24, 2.45) is 32.8 Å². The molecule has 0 amide bonds. The minimum Gasteiger partial charge on any atom is -0.460 e. The van der Waals surface area contributed by atoms with Gasteiger partial charge in [-0.3, -0.25) is 32.7 Å². The Hall–Kier alpha value is -13.3. The first-order chi connectivity index (χ1) is 69.5. The van der Waals surface area contributed by atoms with Gasteiger partial charge in [0.1, 0.15) is 92.3 Å². The average molecular weight is 2150 g/mol. The number of hydrogen-bond donors (Lipinski definition) is 4. The van der Waals surface area contributed by atoms with E-state index in [-0.39, 0.29) is 155 Å². The maximum Gasteiger partial charge on any atom is 0.306 e. The van der Waals surface area contributed by atoms with E-state index >= 15 is 8.78 Å². The van der Waals surface area contributed by atoms with Crippen LogP contribution in [-0.4, -0.2) is 155 Å². The molecule has 44 heteroatoms. The van der Waals surface area contributed by atoms with Crippen LogP contribution in [0.5, 0.6) is 0 Å². The Kier molecular flexibility index (Phi) is 33.7. The summed E-state index contributed by atoms with van der Waals surface area (Å²) >= 11 is 0. The van der Waals surface area contributed by atoms with Gasteiger partial charge in [-0.05, 0) is 201 Å². The summed E-state index contributed by atoms with van der Waals surface area (Å²) in [6, 6.07) is 24.7. The lowest BCUT2D eigenvalue weighted by Gasteiger charge is -2.24. The van der Waals surface area contributed by atoms with Crippen molar-refractivity contribution >= 4 is 74.0 Å². The largest absolute Gasteiger partial charge is 0.460 e. The molecule has 6 aromatic carbocycles. The summed E-state index contributed by atoms with van der Waals surface area (Å²) in [6.45, 7) is 13.0. The fraction of sp³-hybridized carbons (Fsp3) is 0.381. The van der Waals surface area contributed by atoms with E-state index in [9.17, 15) is 116 Å². The zero-order chi connectivity index (χ0) is 111. The molecule has 0 aliphatic heterocycles. The Bertz CT molecular complexity index is 7920. The monoisotopic (exact) mass is 2140 g/mol. The highest BCUT2D eigenvalue weighted by Crippen LogP contribution is 2.68. The molecular weight excluding hydrogens is 2040 g/mol. The van der Waals surface area contributed by atoms with Crippen LogP contribution in [0.15, 0.2) is 127 Å². The number of carbonyl (C=O) groups excluding carboxylic acids is 2. The molecule has 7 heterocycles. The van der Waals surface area contributed by atoms with Crippen molar-refractivity contribution in [1.82, 2.24) is 54.1 Å². The fourth-order valence-corrected chi connectivity index (χ4v) is 20.1. The molecule has 1 saturated carbocycles. The molecule has 792 valence electrons. The molecule has 0 spiro atoms. The van der Waals surface area contributed by atoms with Crippen molar-refractivity contribution in [3.63, 3.8) is 0 Å². The smallest absolute Gasteiger partial charge is 0.306 e. The number of esters is 1. The van der Waals surface area contributed by atoms with E-state index < -0.39 is 220 Å². The summed E-state index contributed by atoms with van der Waals surface area (Å²) in [5.74, 6) is 0.346. The van der Waals surface area contributed by atoms with Gasteiger partial charge in [0.2, 0.25) is 0 Å². The van der Waals surface area contributed by atoms with E-state index in [0.717, 1.165) is 73.4 Å². The van der Waals surface area contributed by atoms with Gasteiger partial charge in [0.25, 0.3) is 31.6 Å². The number of rotatable bonds is 28. The third-order valence-electron chi connectivity index (χ3n) is 23.4. The van der Waals surface area contributed by atoms with E-state index in [4.69, 9.17) is 21.8 Å². The van der Waals surface area contributed by atoms with E-state index in [1.165, 1.54) is 119 Å². The van der Waals surface area contributed by atoms with Gasteiger partial charge >= 0.3 is 5.97 Å². The van der Waals surface area contributed by atoms with E-state index in [2.05, 4.69) is 60.9 Å². The molecule has 5 atom stereocenters. The Labute approximate surface area is 848 Å². The molecule has 2 aliphatic carbocycles. The standard InChI is InChI=1S/C40H35F8N5O4S.C35H37F4N3O5S.C29H28F4N4O3S.CH3F/c1-39(2,55)10-9-23-5-6-25(26-7-8-27(37(43)44)31-30(18-58(4,56)57)50-52(3)35(26)31)33(49-23)20(11-19-12-21(41)15-22(42)13-19)14-24(54)17-53-36-32(34(51-53)38(45)46)28-16-29(28)40(36,47)48;1-34(2,3)47-29(43)17-21(14-20-15-22(36)18-23(37)16-20)31-25(9-8-24(40-31)12-13-35(4,5)44)26-10-11-27(33(38)39)30-28(19-48(7,45)46)41-42(6)32(26)30;1-29(2,38)10-9-19-5-6-20(26(35-19)23(34)13-16-11-17(30)14-18(31)12-16)21-7-8-22(28(32)33)25-24(15-41(4,39)40)36-37(3)27(21)25;1-2/h5-8,12-13,15,20,28-29,37-38,55H,11,14,16-18H2,1-4H3;8-11,15-16,18,21,33,44H,14,17,19H2,1-7H3;5-8,11-12,14,23,28,38H,13,15,34H2,1-4H3;1H3/t20-,28+,29-;21-;23-;/m110./s1/i;;;1D. The van der Waals surface area contributed by atoms with Crippen LogP contribution in [0.1, 0.15) is 234 Å². The van der Waals surface area contributed by atoms with Crippen LogP contribution in [0, 0.1) is 76.3 Å². The molecule has 15 rings (SSSR count). The molecular formula is C105H103F17N12O12S3. The van der Waals surface area contributed by atoms with Crippen molar-refractivity contribution in [3.05, 3.63) is 264 Å². The summed E-state index contributed by atoms with van der Waals surface area (Å²) in [5, 5.41) is 47.0. The number of benzene rings is 6. The maximum absolute atomic E-state index is 15.4. The zero-order valence-corrected chi connectivity index (χ0v) is 85.2. The number of Topliss-reactive ketones (excluding diaryl/α,β-unsaturated/α-hetero) is 1. The topological polar surface area (TPSA) is 342 Å². The number of pyridine rings is 3. The molecule has 0 saturated heterocycles. The molecule has 0 unspecified atom stereocenters. The lowest BCUT2D eigenvalue weighted by Crippen LogP contribution is -2.25. The van der Waals surface area contributed by atoms with Gasteiger partial charge in [-0.2, -0.15) is 29.2 Å². The number of nitrogens with two attached hydrogens (primary N) is 1. The number of hydrogen-bond acceptors (Lipinski definition) is 20. The van der Waals surface area contributed by atoms with Crippen molar-refractivity contribution in [3.8, 4) is 68.9 Å². The zero-order valence-electron chi connectivity index (χ0n) is 83.8. The third kappa shape index (κ3) is 28.5. The Morgan fingerprint density at radius 1 is 0.463 bits per heavy atom. The lowest BCUT2D eigenvalue weighted by molar-refractivity contribution is -0.155. The number of halogens is 17. The van der Waals surface area contributed by atoms with Crippen LogP contribution >= 0.6 is 0 Å². The second-order valence-electron chi connectivity index (χ2n) is 39.1. The first kappa shape index (κ1) is 113. The molecule has 149 heavy (non-hydrogen) atoms. The van der Waals surface area contributed by atoms with E-state index in [1.807, 2.05) is 0 Å². The molecule has 24 nitrogen and oxygen atoms in total. The van der Waals surface area contributed by atoms with Crippen LogP contribution in [0.2, 0.25) is 0 Å². The summed E-state index contributed by atoms with van der Waals surface area (Å²) in [5.41, 5.74) is 1.92. The Balaban J connectivity index is 0.000000200. The van der Waals surface area contributed by atoms with Crippen molar-refractivity contribution in [2.75, 3.05) is 25.9 Å². The second kappa shape index (κ2) is 44.5. The molecule has 0 radical (unpaired) electrons.